The number of carbonyl (C=O) groups is 1. The van der Waals surface area contributed by atoms with E-state index in [0.717, 1.165) is 18.2 Å². The van der Waals surface area contributed by atoms with Crippen LogP contribution in [-0.2, 0) is 0 Å². The van der Waals surface area contributed by atoms with Gasteiger partial charge in [0.05, 0.1) is 0 Å². The molecule has 1 N–H and O–H groups in total. The van der Waals surface area contributed by atoms with E-state index in [1.165, 1.54) is 0 Å². The number of nitrogens with one attached hydrogen (secondary N) is 1. The molecule has 0 heterocycles. The first-order valence-electron chi connectivity index (χ1n) is 4.77. The van der Waals surface area contributed by atoms with Crippen molar-refractivity contribution in [3.05, 3.63) is 35.4 Å². The molecule has 0 aromatic heterocycles. The van der Waals surface area contributed by atoms with Gasteiger partial charge in [0, 0.05) is 18.1 Å². The van der Waals surface area contributed by atoms with Crippen molar-refractivity contribution >= 4 is 5.78 Å². The van der Waals surface area contributed by atoms with Crippen LogP contribution in [0.25, 0.3) is 0 Å². The quantitative estimate of drug-likeness (QED) is 0.599. The number of rotatable bonds is 5. The van der Waals surface area contributed by atoms with Crippen LogP contribution in [0.15, 0.2) is 18.2 Å². The summed E-state index contributed by atoms with van der Waals surface area (Å²) in [6.45, 7) is 0.712. The second-order valence-electron chi connectivity index (χ2n) is 3.29. The van der Waals surface area contributed by atoms with E-state index < -0.39 is 11.6 Å². The van der Waals surface area contributed by atoms with Crippen LogP contribution < -0.4 is 5.32 Å². The van der Waals surface area contributed by atoms with Gasteiger partial charge < -0.3 is 5.32 Å². The van der Waals surface area contributed by atoms with Crippen molar-refractivity contribution in [3.8, 4) is 0 Å². The lowest BCUT2D eigenvalue weighted by Crippen LogP contribution is -2.10. The van der Waals surface area contributed by atoms with Crippen LogP contribution in [0.3, 0.4) is 0 Å². The molecule has 0 fully saturated rings. The van der Waals surface area contributed by atoms with Crippen LogP contribution in [0.5, 0.6) is 0 Å². The molecule has 0 unspecified atom stereocenters. The molecule has 1 aromatic rings. The van der Waals surface area contributed by atoms with Crippen molar-refractivity contribution in [2.45, 2.75) is 12.8 Å². The highest BCUT2D eigenvalue weighted by atomic mass is 19.1. The van der Waals surface area contributed by atoms with Crippen LogP contribution in [0, 0.1) is 11.6 Å². The zero-order chi connectivity index (χ0) is 11.3. The molecule has 4 heteroatoms. The Bertz CT molecular complexity index is 332. The normalized spacial score (nSPS) is 10.3. The highest BCUT2D eigenvalue weighted by Crippen LogP contribution is 2.10. The standard InChI is InChI=1S/C11H13F2NO/c1-14-4-2-3-11(15)8-5-9(12)7-10(13)6-8/h5-7,14H,2-4H2,1H3. The average Bonchev–Trinajstić information content (AvgIpc) is 2.16. The van der Waals surface area contributed by atoms with Gasteiger partial charge in [0.2, 0.25) is 0 Å². The van der Waals surface area contributed by atoms with E-state index >= 15 is 0 Å². The summed E-state index contributed by atoms with van der Waals surface area (Å²) in [4.78, 5) is 11.5. The summed E-state index contributed by atoms with van der Waals surface area (Å²) in [6, 6.07) is 2.87. The summed E-state index contributed by atoms with van der Waals surface area (Å²) in [7, 11) is 1.78. The third kappa shape index (κ3) is 3.75. The van der Waals surface area contributed by atoms with Crippen molar-refractivity contribution in [3.63, 3.8) is 0 Å². The van der Waals surface area contributed by atoms with E-state index in [1.54, 1.807) is 7.05 Å². The van der Waals surface area contributed by atoms with E-state index in [0.29, 0.717) is 19.4 Å². The molecule has 2 nitrogen and oxygen atoms in total. The maximum atomic E-state index is 12.8. The molecule has 0 aliphatic carbocycles. The van der Waals surface area contributed by atoms with Crippen LogP contribution in [0.2, 0.25) is 0 Å². The predicted molar refractivity (Wildman–Crippen MR) is 53.8 cm³/mol. The number of benzene rings is 1. The van der Waals surface area contributed by atoms with E-state index in [1.807, 2.05) is 0 Å². The molecular weight excluding hydrogens is 200 g/mol. The molecule has 15 heavy (non-hydrogen) atoms. The maximum absolute atomic E-state index is 12.8. The molecule has 0 radical (unpaired) electrons. The fourth-order valence-corrected chi connectivity index (χ4v) is 1.28. The van der Waals surface area contributed by atoms with Gasteiger partial charge in [-0.25, -0.2) is 8.78 Å². The molecule has 0 saturated heterocycles. The third-order valence-electron chi connectivity index (χ3n) is 2.02. The van der Waals surface area contributed by atoms with Crippen LogP contribution in [-0.4, -0.2) is 19.4 Å². The summed E-state index contributed by atoms with van der Waals surface area (Å²) in [5.74, 6) is -1.66. The van der Waals surface area contributed by atoms with Crippen molar-refractivity contribution in [1.82, 2.24) is 5.32 Å². The molecule has 1 aromatic carbocycles. The minimum absolute atomic E-state index is 0.101. The van der Waals surface area contributed by atoms with Crippen LogP contribution in [0.4, 0.5) is 8.78 Å². The van der Waals surface area contributed by atoms with Gasteiger partial charge in [-0.05, 0) is 32.1 Å². The van der Waals surface area contributed by atoms with Gasteiger partial charge in [-0.1, -0.05) is 0 Å². The number of Topliss-reactive ketones (excluding diaryl/α,β-unsaturated/α-hetero) is 1. The third-order valence-corrected chi connectivity index (χ3v) is 2.02. The summed E-state index contributed by atoms with van der Waals surface area (Å²) in [5.41, 5.74) is 0.101. The zero-order valence-corrected chi connectivity index (χ0v) is 8.52. The van der Waals surface area contributed by atoms with Gasteiger partial charge in [-0.3, -0.25) is 4.79 Å². The largest absolute Gasteiger partial charge is 0.320 e. The topological polar surface area (TPSA) is 29.1 Å². The number of hydrogen-bond acceptors (Lipinski definition) is 2. The second kappa shape index (κ2) is 5.56. The first kappa shape index (κ1) is 11.8. The first-order chi connectivity index (χ1) is 7.13. The summed E-state index contributed by atoms with van der Waals surface area (Å²) < 4.78 is 25.5. The minimum Gasteiger partial charge on any atom is -0.320 e. The van der Waals surface area contributed by atoms with Gasteiger partial charge in [0.1, 0.15) is 11.6 Å². The molecule has 82 valence electrons. The fourth-order valence-electron chi connectivity index (χ4n) is 1.28. The van der Waals surface area contributed by atoms with E-state index in [4.69, 9.17) is 0 Å². The summed E-state index contributed by atoms with van der Waals surface area (Å²) in [5, 5.41) is 2.90. The van der Waals surface area contributed by atoms with Crippen molar-refractivity contribution < 1.29 is 13.6 Å². The lowest BCUT2D eigenvalue weighted by Gasteiger charge is -2.01. The molecule has 0 amide bonds. The SMILES string of the molecule is CNCCCC(=O)c1cc(F)cc(F)c1. The summed E-state index contributed by atoms with van der Waals surface area (Å²) >= 11 is 0. The van der Waals surface area contributed by atoms with Crippen molar-refractivity contribution in [2.24, 2.45) is 0 Å². The molecular formula is C11H13F2NO. The van der Waals surface area contributed by atoms with Gasteiger partial charge in [-0.2, -0.15) is 0 Å². The van der Waals surface area contributed by atoms with Gasteiger partial charge in [0.25, 0.3) is 0 Å². The maximum Gasteiger partial charge on any atom is 0.163 e. The smallest absolute Gasteiger partial charge is 0.163 e. The first-order valence-corrected chi connectivity index (χ1v) is 4.77. The second-order valence-corrected chi connectivity index (χ2v) is 3.29. The molecule has 0 aliphatic heterocycles. The Kier molecular flexibility index (Phi) is 4.37. The highest BCUT2D eigenvalue weighted by Gasteiger charge is 2.08. The number of halogens is 2. The lowest BCUT2D eigenvalue weighted by molar-refractivity contribution is 0.0979. The number of carbonyl (C=O) groups excluding carboxylic acids is 1. The Morgan fingerprint density at radius 1 is 1.27 bits per heavy atom. The van der Waals surface area contributed by atoms with Crippen LogP contribution in [0.1, 0.15) is 23.2 Å². The van der Waals surface area contributed by atoms with Gasteiger partial charge in [0.15, 0.2) is 5.78 Å². The molecule has 0 saturated carbocycles. The van der Waals surface area contributed by atoms with Gasteiger partial charge in [-0.15, -0.1) is 0 Å². The van der Waals surface area contributed by atoms with E-state index in [2.05, 4.69) is 5.32 Å². The Balaban J connectivity index is 2.65. The van der Waals surface area contributed by atoms with E-state index in [-0.39, 0.29) is 11.3 Å². The Labute approximate surface area is 87.3 Å². The Hall–Kier alpha value is -1.29. The molecule has 0 bridgehead atoms. The van der Waals surface area contributed by atoms with E-state index in [9.17, 15) is 13.6 Å². The molecule has 0 spiro atoms. The molecule has 0 aliphatic rings. The highest BCUT2D eigenvalue weighted by molar-refractivity contribution is 5.96. The summed E-state index contributed by atoms with van der Waals surface area (Å²) in [6.07, 6.45) is 0.956. The minimum atomic E-state index is -0.716. The lowest BCUT2D eigenvalue weighted by atomic mass is 10.1. The monoisotopic (exact) mass is 213 g/mol. The fraction of sp³-hybridized carbons (Fsp3) is 0.364. The molecule has 0 atom stereocenters. The Morgan fingerprint density at radius 2 is 1.87 bits per heavy atom. The number of ketones is 1. The van der Waals surface area contributed by atoms with Gasteiger partial charge >= 0.3 is 0 Å². The number of hydrogen-bond donors (Lipinski definition) is 1. The van der Waals surface area contributed by atoms with Crippen molar-refractivity contribution in [2.75, 3.05) is 13.6 Å². The molecule has 1 rings (SSSR count). The average molecular weight is 213 g/mol. The Morgan fingerprint density at radius 3 is 2.40 bits per heavy atom. The van der Waals surface area contributed by atoms with Crippen molar-refractivity contribution in [1.29, 1.82) is 0 Å². The zero-order valence-electron chi connectivity index (χ0n) is 8.52. The van der Waals surface area contributed by atoms with Crippen LogP contribution >= 0.6 is 0 Å². The predicted octanol–water partition coefficient (Wildman–Crippen LogP) is 2.15.